The fourth-order valence-electron chi connectivity index (χ4n) is 2.49. The van der Waals surface area contributed by atoms with Crippen LogP contribution in [-0.4, -0.2) is 22.2 Å². The first-order valence-corrected chi connectivity index (χ1v) is 7.29. The SMILES string of the molecule is [N-]=[N+]=Nc1ccc(C(=O)O)c(CCc2cc(N=[N+]=[N-])ccc2C(=O)O)c1. The molecule has 2 aromatic carbocycles. The Morgan fingerprint density at radius 3 is 1.50 bits per heavy atom. The topological polar surface area (TPSA) is 172 Å². The molecule has 130 valence electrons. The van der Waals surface area contributed by atoms with E-state index in [1.165, 1.54) is 36.4 Å². The van der Waals surface area contributed by atoms with Gasteiger partial charge in [0, 0.05) is 21.2 Å². The van der Waals surface area contributed by atoms with Crippen molar-refractivity contribution >= 4 is 23.3 Å². The fraction of sp³-hybridized carbons (Fsp3) is 0.125. The lowest BCUT2D eigenvalue weighted by atomic mass is 9.96. The molecule has 0 heterocycles. The van der Waals surface area contributed by atoms with Crippen molar-refractivity contribution in [2.75, 3.05) is 0 Å². The monoisotopic (exact) mass is 352 g/mol. The molecule has 0 atom stereocenters. The fourth-order valence-corrected chi connectivity index (χ4v) is 2.49. The third kappa shape index (κ3) is 4.30. The van der Waals surface area contributed by atoms with E-state index < -0.39 is 11.9 Å². The van der Waals surface area contributed by atoms with Crippen LogP contribution in [0.2, 0.25) is 0 Å². The molecular formula is C16H12N6O4. The number of rotatable bonds is 7. The van der Waals surface area contributed by atoms with Crippen molar-refractivity contribution in [2.24, 2.45) is 10.2 Å². The van der Waals surface area contributed by atoms with E-state index >= 15 is 0 Å². The van der Waals surface area contributed by atoms with Gasteiger partial charge in [-0.2, -0.15) is 0 Å². The van der Waals surface area contributed by atoms with Crippen LogP contribution in [0.5, 0.6) is 0 Å². The number of benzene rings is 2. The van der Waals surface area contributed by atoms with Gasteiger partial charge in [0.25, 0.3) is 0 Å². The zero-order valence-electron chi connectivity index (χ0n) is 13.3. The summed E-state index contributed by atoms with van der Waals surface area (Å²) < 4.78 is 0. The molecular weight excluding hydrogens is 340 g/mol. The van der Waals surface area contributed by atoms with Crippen LogP contribution < -0.4 is 0 Å². The molecule has 0 aliphatic rings. The van der Waals surface area contributed by atoms with E-state index in [4.69, 9.17) is 11.1 Å². The lowest BCUT2D eigenvalue weighted by Crippen LogP contribution is -2.06. The molecule has 10 heteroatoms. The number of hydrogen-bond donors (Lipinski definition) is 2. The van der Waals surface area contributed by atoms with Crippen LogP contribution in [0.4, 0.5) is 11.4 Å². The molecule has 2 N–H and O–H groups in total. The highest BCUT2D eigenvalue weighted by Gasteiger charge is 2.14. The Balaban J connectivity index is 2.41. The van der Waals surface area contributed by atoms with Crippen LogP contribution >= 0.6 is 0 Å². The first-order chi connectivity index (χ1) is 12.5. The Hall–Kier alpha value is -4.00. The summed E-state index contributed by atoms with van der Waals surface area (Å²) in [7, 11) is 0. The molecule has 0 radical (unpaired) electrons. The molecule has 0 aliphatic carbocycles. The highest BCUT2D eigenvalue weighted by Crippen LogP contribution is 2.24. The second-order valence-corrected chi connectivity index (χ2v) is 5.17. The van der Waals surface area contributed by atoms with E-state index in [0.29, 0.717) is 11.1 Å². The van der Waals surface area contributed by atoms with Crippen molar-refractivity contribution in [2.45, 2.75) is 12.8 Å². The van der Waals surface area contributed by atoms with Crippen molar-refractivity contribution in [3.63, 3.8) is 0 Å². The highest BCUT2D eigenvalue weighted by atomic mass is 16.4. The third-order valence-corrected chi connectivity index (χ3v) is 3.62. The Bertz CT molecular complexity index is 895. The Morgan fingerprint density at radius 2 is 1.19 bits per heavy atom. The third-order valence-electron chi connectivity index (χ3n) is 3.62. The minimum absolute atomic E-state index is 0.0324. The molecule has 0 amide bonds. The normalized spacial score (nSPS) is 9.69. The highest BCUT2D eigenvalue weighted by molar-refractivity contribution is 5.91. The van der Waals surface area contributed by atoms with Crippen LogP contribution in [0, 0.1) is 0 Å². The van der Waals surface area contributed by atoms with Gasteiger partial charge in [0.05, 0.1) is 11.1 Å². The van der Waals surface area contributed by atoms with Crippen molar-refractivity contribution in [3.05, 3.63) is 79.5 Å². The van der Waals surface area contributed by atoms with E-state index in [2.05, 4.69) is 20.1 Å². The average molecular weight is 352 g/mol. The van der Waals surface area contributed by atoms with Gasteiger partial charge in [-0.3, -0.25) is 0 Å². The summed E-state index contributed by atoms with van der Waals surface area (Å²) in [5.74, 6) is -2.29. The van der Waals surface area contributed by atoms with E-state index in [-0.39, 0.29) is 35.3 Å². The average Bonchev–Trinajstić information content (AvgIpc) is 2.60. The molecule has 0 aliphatic heterocycles. The summed E-state index contributed by atoms with van der Waals surface area (Å²) in [4.78, 5) is 28.1. The Kier molecular flexibility index (Phi) is 5.79. The summed E-state index contributed by atoms with van der Waals surface area (Å²) in [5, 5.41) is 25.5. The Morgan fingerprint density at radius 1 is 0.808 bits per heavy atom. The maximum atomic E-state index is 11.4. The van der Waals surface area contributed by atoms with Crippen LogP contribution in [0.25, 0.3) is 20.9 Å². The second kappa shape index (κ2) is 8.20. The summed E-state index contributed by atoms with van der Waals surface area (Å²) in [6, 6.07) is 8.32. The van der Waals surface area contributed by atoms with Gasteiger partial charge in [0.2, 0.25) is 0 Å². The minimum Gasteiger partial charge on any atom is -0.478 e. The largest absolute Gasteiger partial charge is 0.478 e. The number of hydrogen-bond acceptors (Lipinski definition) is 4. The maximum Gasteiger partial charge on any atom is 0.335 e. The number of azide groups is 2. The van der Waals surface area contributed by atoms with Crippen LogP contribution in [0.15, 0.2) is 46.6 Å². The number of aromatic carboxylic acids is 2. The number of carbonyl (C=O) groups is 2. The van der Waals surface area contributed by atoms with Crippen LogP contribution in [-0.2, 0) is 12.8 Å². The predicted molar refractivity (Wildman–Crippen MR) is 91.8 cm³/mol. The van der Waals surface area contributed by atoms with E-state index in [9.17, 15) is 19.8 Å². The van der Waals surface area contributed by atoms with Gasteiger partial charge < -0.3 is 10.2 Å². The van der Waals surface area contributed by atoms with Crippen molar-refractivity contribution in [1.82, 2.24) is 0 Å². The summed E-state index contributed by atoms with van der Waals surface area (Å²) in [6.45, 7) is 0. The molecule has 0 unspecified atom stereocenters. The van der Waals surface area contributed by atoms with Gasteiger partial charge in [0.15, 0.2) is 0 Å². The number of aryl methyl sites for hydroxylation is 2. The molecule has 0 saturated heterocycles. The maximum absolute atomic E-state index is 11.4. The number of nitrogens with zero attached hydrogens (tertiary/aromatic N) is 6. The van der Waals surface area contributed by atoms with Crippen LogP contribution in [0.1, 0.15) is 31.8 Å². The summed E-state index contributed by atoms with van der Waals surface area (Å²) in [6.07, 6.45) is 0.382. The molecule has 10 nitrogen and oxygen atoms in total. The number of carboxylic acids is 2. The molecule has 0 spiro atoms. The van der Waals surface area contributed by atoms with Gasteiger partial charge in [0.1, 0.15) is 0 Å². The second-order valence-electron chi connectivity index (χ2n) is 5.17. The smallest absolute Gasteiger partial charge is 0.335 e. The molecule has 26 heavy (non-hydrogen) atoms. The first kappa shape index (κ1) is 18.3. The zero-order chi connectivity index (χ0) is 19.1. The van der Waals surface area contributed by atoms with Gasteiger partial charge in [-0.25, -0.2) is 9.59 Å². The van der Waals surface area contributed by atoms with E-state index in [1.54, 1.807) is 0 Å². The Labute approximate surface area is 146 Å². The van der Waals surface area contributed by atoms with Crippen molar-refractivity contribution < 1.29 is 19.8 Å². The molecule has 0 aromatic heterocycles. The molecule has 0 fully saturated rings. The van der Waals surface area contributed by atoms with Gasteiger partial charge in [-0.15, -0.1) is 0 Å². The number of carboxylic acid groups (broad SMARTS) is 2. The van der Waals surface area contributed by atoms with Crippen molar-refractivity contribution in [1.29, 1.82) is 0 Å². The molecule has 0 saturated carbocycles. The lowest BCUT2D eigenvalue weighted by molar-refractivity contribution is 0.0684. The summed E-state index contributed by atoms with van der Waals surface area (Å²) >= 11 is 0. The van der Waals surface area contributed by atoms with Gasteiger partial charge in [-0.05, 0) is 59.3 Å². The first-order valence-electron chi connectivity index (χ1n) is 7.29. The predicted octanol–water partition coefficient (Wildman–Crippen LogP) is 4.75. The molecule has 0 bridgehead atoms. The van der Waals surface area contributed by atoms with Crippen LogP contribution in [0.3, 0.4) is 0 Å². The molecule has 2 aromatic rings. The summed E-state index contributed by atoms with van der Waals surface area (Å²) in [5.41, 5.74) is 18.4. The quantitative estimate of drug-likeness (QED) is 0.416. The van der Waals surface area contributed by atoms with E-state index in [1.807, 2.05) is 0 Å². The standard InChI is InChI=1S/C16H12N6O4/c17-21-19-11-3-5-13(15(23)24)9(7-11)1-2-10-8-12(20-22-18)4-6-14(10)16(25)26/h3-8H,1-2H2,(H,23,24)(H,25,26). The van der Waals surface area contributed by atoms with Gasteiger partial charge in [-0.1, -0.05) is 22.4 Å². The van der Waals surface area contributed by atoms with Gasteiger partial charge >= 0.3 is 11.9 Å². The lowest BCUT2D eigenvalue weighted by Gasteiger charge is -2.10. The van der Waals surface area contributed by atoms with Crippen molar-refractivity contribution in [3.8, 4) is 0 Å². The van der Waals surface area contributed by atoms with E-state index in [0.717, 1.165) is 0 Å². The molecule has 2 rings (SSSR count). The zero-order valence-corrected chi connectivity index (χ0v) is 13.3. The minimum atomic E-state index is -1.14.